The zero-order valence-corrected chi connectivity index (χ0v) is 6.79. The van der Waals surface area contributed by atoms with Crippen molar-refractivity contribution in [2.75, 3.05) is 0 Å². The van der Waals surface area contributed by atoms with Crippen molar-refractivity contribution in [2.45, 2.75) is 13.8 Å². The predicted molar refractivity (Wildman–Crippen MR) is 43.7 cm³/mol. The van der Waals surface area contributed by atoms with Gasteiger partial charge >= 0.3 is 0 Å². The Morgan fingerprint density at radius 3 is 2.50 bits per heavy atom. The minimum Gasteiger partial charge on any atom is -0.316 e. The fraction of sp³-hybridized carbons (Fsp3) is 0.429. The van der Waals surface area contributed by atoms with E-state index in [1.165, 1.54) is 0 Å². The summed E-state index contributed by atoms with van der Waals surface area (Å²) < 4.78 is 0. The van der Waals surface area contributed by atoms with Gasteiger partial charge in [-0.15, -0.1) is 0 Å². The maximum Gasteiger partial charge on any atom is 0.232 e. The first kappa shape index (κ1) is 7.41. The number of allylic oxidation sites excluding steroid dienone is 1. The van der Waals surface area contributed by atoms with E-state index in [2.05, 4.69) is 5.32 Å². The molecule has 54 valence electrons. The molecule has 0 unspecified atom stereocenters. The second-order valence-corrected chi connectivity index (χ2v) is 2.69. The summed E-state index contributed by atoms with van der Waals surface area (Å²) in [5.74, 6) is -0.0457. The Labute approximate surface area is 65.3 Å². The molecule has 0 saturated carbocycles. The highest BCUT2D eigenvalue weighted by Gasteiger charge is 2.28. The summed E-state index contributed by atoms with van der Waals surface area (Å²) in [4.78, 5) is 11.5. The van der Waals surface area contributed by atoms with Gasteiger partial charge in [0.25, 0.3) is 0 Å². The molecule has 2 nitrogen and oxygen atoms in total. The minimum absolute atomic E-state index is 0.0121. The third-order valence-corrected chi connectivity index (χ3v) is 2.01. The molecule has 1 saturated heterocycles. The van der Waals surface area contributed by atoms with Crippen molar-refractivity contribution in [2.24, 2.45) is 5.92 Å². The van der Waals surface area contributed by atoms with E-state index >= 15 is 0 Å². The summed E-state index contributed by atoms with van der Waals surface area (Å²) in [5.41, 5.74) is 0.944. The van der Waals surface area contributed by atoms with Crippen LogP contribution in [0.25, 0.3) is 0 Å². The van der Waals surface area contributed by atoms with Crippen LogP contribution in [0.15, 0.2) is 11.6 Å². The number of carbonyl (C=O) groups excluding carboxylic acids is 1. The summed E-state index contributed by atoms with van der Waals surface area (Å²) in [6, 6.07) is 0. The average Bonchev–Trinajstić information content (AvgIpc) is 2.09. The molecular formula is C7H9NOS. The van der Waals surface area contributed by atoms with Crippen molar-refractivity contribution >= 4 is 23.1 Å². The lowest BCUT2D eigenvalue weighted by molar-refractivity contribution is -0.120. The van der Waals surface area contributed by atoms with Crippen molar-refractivity contribution in [1.82, 2.24) is 5.32 Å². The van der Waals surface area contributed by atoms with Gasteiger partial charge in [-0.2, -0.15) is 0 Å². The Bertz CT molecular complexity index is 220. The van der Waals surface area contributed by atoms with Crippen LogP contribution in [0.1, 0.15) is 13.8 Å². The number of carbonyl (C=O) groups is 1. The highest BCUT2D eigenvalue weighted by molar-refractivity contribution is 7.80. The molecule has 0 aliphatic carbocycles. The quantitative estimate of drug-likeness (QED) is 0.418. The zero-order valence-electron chi connectivity index (χ0n) is 5.97. The van der Waals surface area contributed by atoms with E-state index < -0.39 is 0 Å². The van der Waals surface area contributed by atoms with Crippen LogP contribution >= 0.6 is 12.2 Å². The molecule has 1 fully saturated rings. The van der Waals surface area contributed by atoms with Crippen LogP contribution in [0.5, 0.6) is 0 Å². The normalized spacial score (nSPS) is 29.4. The van der Waals surface area contributed by atoms with Crippen molar-refractivity contribution in [1.29, 1.82) is 0 Å². The van der Waals surface area contributed by atoms with Crippen LogP contribution in [-0.2, 0) is 4.79 Å². The molecule has 0 aromatic rings. The first-order valence-corrected chi connectivity index (χ1v) is 3.59. The maximum absolute atomic E-state index is 10.9. The molecule has 1 aliphatic heterocycles. The third-order valence-electron chi connectivity index (χ3n) is 1.67. The molecule has 0 bridgehead atoms. The first-order valence-electron chi connectivity index (χ1n) is 3.18. The van der Waals surface area contributed by atoms with Gasteiger partial charge < -0.3 is 5.32 Å². The van der Waals surface area contributed by atoms with Gasteiger partial charge in [-0.25, -0.2) is 0 Å². The Morgan fingerprint density at radius 1 is 1.70 bits per heavy atom. The summed E-state index contributed by atoms with van der Waals surface area (Å²) in [6.45, 7) is 3.74. The van der Waals surface area contributed by atoms with E-state index in [9.17, 15) is 4.79 Å². The fourth-order valence-electron chi connectivity index (χ4n) is 1.01. The molecule has 0 radical (unpaired) electrons. The van der Waals surface area contributed by atoms with Crippen LogP contribution in [0, 0.1) is 5.92 Å². The molecule has 0 spiro atoms. The van der Waals surface area contributed by atoms with E-state index in [4.69, 9.17) is 12.2 Å². The molecule has 1 atom stereocenters. The summed E-state index contributed by atoms with van der Waals surface area (Å²) >= 11 is 4.89. The Balaban J connectivity index is 2.95. The van der Waals surface area contributed by atoms with Gasteiger partial charge in [-0.1, -0.05) is 18.3 Å². The van der Waals surface area contributed by atoms with Gasteiger partial charge in [0, 0.05) is 0 Å². The summed E-state index contributed by atoms with van der Waals surface area (Å²) in [7, 11) is 0. The molecule has 1 rings (SSSR count). The predicted octanol–water partition coefficient (Wildman–Crippen LogP) is 1.03. The molecule has 3 heteroatoms. The van der Waals surface area contributed by atoms with Crippen molar-refractivity contribution < 1.29 is 4.79 Å². The van der Waals surface area contributed by atoms with Crippen LogP contribution in [0.3, 0.4) is 0 Å². The minimum atomic E-state index is -0.0579. The second-order valence-electron chi connectivity index (χ2n) is 2.28. The van der Waals surface area contributed by atoms with Gasteiger partial charge in [-0.05, 0) is 19.4 Å². The Morgan fingerprint density at radius 2 is 2.30 bits per heavy atom. The number of hydrogen-bond donors (Lipinski definition) is 1. The number of hydrogen-bond acceptors (Lipinski definition) is 2. The summed E-state index contributed by atoms with van der Waals surface area (Å²) in [6.07, 6.45) is 1.88. The van der Waals surface area contributed by atoms with Crippen LogP contribution in [0.4, 0.5) is 0 Å². The SMILES string of the molecule is C/C=C1/C(=S)NC(=O)[C@@H]1C. The van der Waals surface area contributed by atoms with E-state index in [0.29, 0.717) is 4.99 Å². The lowest BCUT2D eigenvalue weighted by Crippen LogP contribution is -2.19. The Kier molecular flexibility index (Phi) is 1.85. The van der Waals surface area contributed by atoms with E-state index in [1.54, 1.807) is 0 Å². The largest absolute Gasteiger partial charge is 0.316 e. The highest BCUT2D eigenvalue weighted by atomic mass is 32.1. The number of amides is 1. The lowest BCUT2D eigenvalue weighted by Gasteiger charge is -1.96. The van der Waals surface area contributed by atoms with Crippen LogP contribution in [-0.4, -0.2) is 10.9 Å². The fourth-order valence-corrected chi connectivity index (χ4v) is 1.41. The van der Waals surface area contributed by atoms with Gasteiger partial charge in [0.15, 0.2) is 0 Å². The van der Waals surface area contributed by atoms with Gasteiger partial charge in [0.1, 0.15) is 4.99 Å². The molecule has 1 aliphatic rings. The van der Waals surface area contributed by atoms with Crippen LogP contribution in [0.2, 0.25) is 0 Å². The standard InChI is InChI=1S/C7H9NOS/c1-3-5-4(2)6(9)8-7(5)10/h3-4H,1-2H3,(H,8,9,10)/b5-3+/t4-/m1/s1. The van der Waals surface area contributed by atoms with Gasteiger partial charge in [0.05, 0.1) is 5.92 Å². The topological polar surface area (TPSA) is 29.1 Å². The molecule has 0 aromatic heterocycles. The number of nitrogens with one attached hydrogen (secondary N) is 1. The van der Waals surface area contributed by atoms with E-state index in [1.807, 2.05) is 19.9 Å². The van der Waals surface area contributed by atoms with Gasteiger partial charge in [-0.3, -0.25) is 4.79 Å². The molecule has 1 N–H and O–H groups in total. The van der Waals surface area contributed by atoms with Crippen molar-refractivity contribution in [3.8, 4) is 0 Å². The Hall–Kier alpha value is -0.700. The molecule has 0 aromatic carbocycles. The molecule has 10 heavy (non-hydrogen) atoms. The molecular weight excluding hydrogens is 146 g/mol. The van der Waals surface area contributed by atoms with Gasteiger partial charge in [0.2, 0.25) is 5.91 Å². The maximum atomic E-state index is 10.9. The third kappa shape index (κ3) is 0.968. The first-order chi connectivity index (χ1) is 4.66. The monoisotopic (exact) mass is 155 g/mol. The molecule has 1 amide bonds. The van der Waals surface area contributed by atoms with E-state index in [-0.39, 0.29) is 11.8 Å². The number of thiocarbonyl (C=S) groups is 1. The van der Waals surface area contributed by atoms with Crippen molar-refractivity contribution in [3.05, 3.63) is 11.6 Å². The summed E-state index contributed by atoms with van der Waals surface area (Å²) in [5, 5.41) is 2.59. The lowest BCUT2D eigenvalue weighted by atomic mass is 10.1. The zero-order chi connectivity index (χ0) is 7.72. The average molecular weight is 155 g/mol. The number of rotatable bonds is 0. The second kappa shape index (κ2) is 2.50. The molecule has 1 heterocycles. The van der Waals surface area contributed by atoms with Crippen LogP contribution < -0.4 is 5.32 Å². The highest BCUT2D eigenvalue weighted by Crippen LogP contribution is 2.17. The smallest absolute Gasteiger partial charge is 0.232 e. The van der Waals surface area contributed by atoms with Crippen molar-refractivity contribution in [3.63, 3.8) is 0 Å². The van der Waals surface area contributed by atoms with E-state index in [0.717, 1.165) is 5.57 Å².